The lowest BCUT2D eigenvalue weighted by Crippen LogP contribution is -2.16. The summed E-state index contributed by atoms with van der Waals surface area (Å²) in [4.78, 5) is 23.0. The zero-order chi connectivity index (χ0) is 15.7. The molecule has 0 saturated heterocycles. The third kappa shape index (κ3) is 2.57. The van der Waals surface area contributed by atoms with Crippen molar-refractivity contribution in [2.24, 2.45) is 0 Å². The third-order valence-electron chi connectivity index (χ3n) is 3.63. The van der Waals surface area contributed by atoms with Crippen LogP contribution in [-0.4, -0.2) is 22.1 Å². The summed E-state index contributed by atoms with van der Waals surface area (Å²) < 4.78 is 19.0. The second-order valence-corrected chi connectivity index (χ2v) is 5.09. The summed E-state index contributed by atoms with van der Waals surface area (Å²) in [7, 11) is 0. The van der Waals surface area contributed by atoms with Gasteiger partial charge in [0.1, 0.15) is 11.6 Å². The highest BCUT2D eigenvalue weighted by molar-refractivity contribution is 6.04. The van der Waals surface area contributed by atoms with Gasteiger partial charge in [0, 0.05) is 12.0 Å². The van der Waals surface area contributed by atoms with E-state index in [4.69, 9.17) is 9.63 Å². The van der Waals surface area contributed by atoms with E-state index >= 15 is 0 Å². The zero-order valence-electron chi connectivity index (χ0n) is 11.6. The molecule has 0 radical (unpaired) electrons. The Morgan fingerprint density at radius 3 is 2.77 bits per heavy atom. The molecule has 1 amide bonds. The molecule has 0 fully saturated rings. The molecule has 7 heteroatoms. The van der Waals surface area contributed by atoms with Crippen molar-refractivity contribution in [1.29, 1.82) is 0 Å². The van der Waals surface area contributed by atoms with Crippen LogP contribution in [0.5, 0.6) is 0 Å². The Labute approximate surface area is 124 Å². The average Bonchev–Trinajstić information content (AvgIpc) is 2.93. The molecule has 114 valence electrons. The molecule has 1 aromatic heterocycles. The van der Waals surface area contributed by atoms with Crippen LogP contribution in [0.3, 0.4) is 0 Å². The molecule has 3 rings (SSSR count). The number of amides is 1. The quantitative estimate of drug-likeness (QED) is 0.909. The summed E-state index contributed by atoms with van der Waals surface area (Å²) in [5.41, 5.74) is 0.652. The minimum Gasteiger partial charge on any atom is -0.478 e. The highest BCUT2D eigenvalue weighted by Gasteiger charge is 2.24. The lowest BCUT2D eigenvalue weighted by Gasteiger charge is -2.10. The fraction of sp³-hybridized carbons (Fsp3) is 0.267. The summed E-state index contributed by atoms with van der Waals surface area (Å²) in [6, 6.07) is 3.29. The van der Waals surface area contributed by atoms with E-state index in [-0.39, 0.29) is 16.9 Å². The normalized spacial score (nSPS) is 13.5. The molecule has 2 aromatic rings. The van der Waals surface area contributed by atoms with Crippen LogP contribution in [0.2, 0.25) is 0 Å². The van der Waals surface area contributed by atoms with Gasteiger partial charge in [-0.2, -0.15) is 0 Å². The number of carboxylic acid groups (broad SMARTS) is 1. The topological polar surface area (TPSA) is 92.4 Å². The van der Waals surface area contributed by atoms with Gasteiger partial charge in [0.25, 0.3) is 5.91 Å². The molecule has 0 bridgehead atoms. The smallest absolute Gasteiger partial charge is 0.335 e. The van der Waals surface area contributed by atoms with Crippen LogP contribution in [0, 0.1) is 5.82 Å². The fourth-order valence-corrected chi connectivity index (χ4v) is 2.49. The van der Waals surface area contributed by atoms with Crippen molar-refractivity contribution in [3.8, 4) is 0 Å². The predicted octanol–water partition coefficient (Wildman–Crippen LogP) is 2.64. The minimum atomic E-state index is -1.23. The van der Waals surface area contributed by atoms with E-state index in [2.05, 4.69) is 10.5 Å². The molecule has 0 saturated carbocycles. The number of aromatic nitrogens is 1. The number of benzene rings is 1. The Balaban J connectivity index is 1.83. The first kappa shape index (κ1) is 14.2. The molecule has 2 N–H and O–H groups in total. The van der Waals surface area contributed by atoms with Crippen LogP contribution < -0.4 is 5.32 Å². The van der Waals surface area contributed by atoms with Gasteiger partial charge in [0.15, 0.2) is 5.69 Å². The maximum Gasteiger partial charge on any atom is 0.335 e. The highest BCUT2D eigenvalue weighted by atomic mass is 19.1. The number of fused-ring (bicyclic) bond motifs is 1. The number of halogens is 1. The van der Waals surface area contributed by atoms with Gasteiger partial charge in [-0.3, -0.25) is 4.79 Å². The van der Waals surface area contributed by atoms with Crippen LogP contribution in [-0.2, 0) is 12.8 Å². The van der Waals surface area contributed by atoms with E-state index in [1.807, 2.05) is 0 Å². The summed E-state index contributed by atoms with van der Waals surface area (Å²) in [6.07, 6.45) is 3.41. The number of nitrogens with zero attached hydrogens (tertiary/aromatic N) is 1. The SMILES string of the molecule is O=C(O)c1ccc(NC(=O)c2noc3c2CCCC3)c(F)c1. The van der Waals surface area contributed by atoms with Gasteiger partial charge in [-0.05, 0) is 37.5 Å². The molecular formula is C15H13FN2O4. The summed E-state index contributed by atoms with van der Waals surface area (Å²) in [5.74, 6) is -1.90. The Bertz CT molecular complexity index is 754. The minimum absolute atomic E-state index is 0.0949. The number of carboxylic acids is 1. The van der Waals surface area contributed by atoms with Crippen LogP contribution in [0.15, 0.2) is 22.7 Å². The highest BCUT2D eigenvalue weighted by Crippen LogP contribution is 2.25. The summed E-state index contributed by atoms with van der Waals surface area (Å²) in [6.45, 7) is 0. The molecule has 1 heterocycles. The number of carbonyl (C=O) groups is 2. The van der Waals surface area contributed by atoms with Crippen molar-refractivity contribution < 1.29 is 23.6 Å². The molecule has 1 aliphatic carbocycles. The van der Waals surface area contributed by atoms with Crippen LogP contribution in [0.1, 0.15) is 45.0 Å². The van der Waals surface area contributed by atoms with E-state index in [1.165, 1.54) is 12.1 Å². The molecule has 0 aliphatic heterocycles. The van der Waals surface area contributed by atoms with Gasteiger partial charge >= 0.3 is 5.97 Å². The van der Waals surface area contributed by atoms with Gasteiger partial charge in [0.2, 0.25) is 0 Å². The monoisotopic (exact) mass is 304 g/mol. The Hall–Kier alpha value is -2.70. The maximum absolute atomic E-state index is 13.8. The number of rotatable bonds is 3. The predicted molar refractivity (Wildman–Crippen MR) is 74.5 cm³/mol. The number of aromatic carboxylic acids is 1. The number of hydrogen-bond acceptors (Lipinski definition) is 4. The molecule has 0 spiro atoms. The van der Waals surface area contributed by atoms with E-state index in [9.17, 15) is 14.0 Å². The van der Waals surface area contributed by atoms with Crippen molar-refractivity contribution in [3.05, 3.63) is 46.6 Å². The zero-order valence-corrected chi connectivity index (χ0v) is 11.6. The van der Waals surface area contributed by atoms with Crippen molar-refractivity contribution >= 4 is 17.6 Å². The van der Waals surface area contributed by atoms with Crippen molar-refractivity contribution in [2.75, 3.05) is 5.32 Å². The number of anilines is 1. The van der Waals surface area contributed by atoms with Gasteiger partial charge in [0.05, 0.1) is 11.3 Å². The van der Waals surface area contributed by atoms with Crippen LogP contribution in [0.25, 0.3) is 0 Å². The number of hydrogen-bond donors (Lipinski definition) is 2. The maximum atomic E-state index is 13.8. The summed E-state index contributed by atoms with van der Waals surface area (Å²) >= 11 is 0. The molecule has 22 heavy (non-hydrogen) atoms. The van der Waals surface area contributed by atoms with Gasteiger partial charge in [-0.1, -0.05) is 5.16 Å². The number of nitrogens with one attached hydrogen (secondary N) is 1. The van der Waals surface area contributed by atoms with Crippen molar-refractivity contribution in [2.45, 2.75) is 25.7 Å². The first-order chi connectivity index (χ1) is 10.6. The standard InChI is InChI=1S/C15H13FN2O4/c16-10-7-8(15(20)21)5-6-11(10)17-14(19)13-9-3-1-2-4-12(9)22-18-13/h5-7H,1-4H2,(H,17,19)(H,20,21). The third-order valence-corrected chi connectivity index (χ3v) is 3.63. The van der Waals surface area contributed by atoms with Gasteiger partial charge in [-0.25, -0.2) is 9.18 Å². The molecule has 6 nitrogen and oxygen atoms in total. The first-order valence-corrected chi connectivity index (χ1v) is 6.88. The lowest BCUT2D eigenvalue weighted by atomic mass is 9.96. The largest absolute Gasteiger partial charge is 0.478 e. The Kier molecular flexibility index (Phi) is 3.62. The first-order valence-electron chi connectivity index (χ1n) is 6.88. The lowest BCUT2D eigenvalue weighted by molar-refractivity contribution is 0.0696. The van der Waals surface area contributed by atoms with E-state index < -0.39 is 17.7 Å². The summed E-state index contributed by atoms with van der Waals surface area (Å²) in [5, 5.41) is 15.0. The molecule has 1 aliphatic rings. The second kappa shape index (κ2) is 5.59. The fourth-order valence-electron chi connectivity index (χ4n) is 2.49. The van der Waals surface area contributed by atoms with E-state index in [1.54, 1.807) is 0 Å². The molecule has 0 unspecified atom stereocenters. The second-order valence-electron chi connectivity index (χ2n) is 5.09. The van der Waals surface area contributed by atoms with E-state index in [0.717, 1.165) is 30.9 Å². The molecular weight excluding hydrogens is 291 g/mol. The molecule has 1 aromatic carbocycles. The Morgan fingerprint density at radius 2 is 2.05 bits per heavy atom. The number of aryl methyl sites for hydroxylation is 1. The van der Waals surface area contributed by atoms with Crippen molar-refractivity contribution in [1.82, 2.24) is 5.16 Å². The van der Waals surface area contributed by atoms with Crippen LogP contribution >= 0.6 is 0 Å². The van der Waals surface area contributed by atoms with Gasteiger partial charge < -0.3 is 14.9 Å². The van der Waals surface area contributed by atoms with Crippen LogP contribution in [0.4, 0.5) is 10.1 Å². The molecule has 0 atom stereocenters. The van der Waals surface area contributed by atoms with E-state index in [0.29, 0.717) is 12.2 Å². The van der Waals surface area contributed by atoms with Gasteiger partial charge in [-0.15, -0.1) is 0 Å². The Morgan fingerprint density at radius 1 is 1.27 bits per heavy atom. The number of carbonyl (C=O) groups excluding carboxylic acids is 1. The van der Waals surface area contributed by atoms with Crippen molar-refractivity contribution in [3.63, 3.8) is 0 Å². The average molecular weight is 304 g/mol.